The molecule has 0 heterocycles. The second kappa shape index (κ2) is 6.36. The van der Waals surface area contributed by atoms with Crippen LogP contribution in [-0.2, 0) is 0 Å². The molecule has 0 aromatic heterocycles. The van der Waals surface area contributed by atoms with Crippen LogP contribution < -0.4 is 5.73 Å². The molecule has 0 saturated carbocycles. The average Bonchev–Trinajstić information content (AvgIpc) is 2.27. The predicted octanol–water partition coefficient (Wildman–Crippen LogP) is 2.78. The number of hydrogen-bond acceptors (Lipinski definition) is 2. The first-order valence-electron chi connectivity index (χ1n) is 5.58. The summed E-state index contributed by atoms with van der Waals surface area (Å²) in [5, 5.41) is 0. The van der Waals surface area contributed by atoms with E-state index in [4.69, 9.17) is 5.73 Å². The molecule has 15 heavy (non-hydrogen) atoms. The van der Waals surface area contributed by atoms with E-state index in [1.165, 1.54) is 0 Å². The van der Waals surface area contributed by atoms with Gasteiger partial charge >= 0.3 is 0 Å². The molecule has 1 unspecified atom stereocenters. The summed E-state index contributed by atoms with van der Waals surface area (Å²) in [6, 6.07) is 9.37. The van der Waals surface area contributed by atoms with E-state index in [0.29, 0.717) is 6.42 Å². The number of rotatable bonds is 6. The highest BCUT2D eigenvalue weighted by Crippen LogP contribution is 2.08. The summed E-state index contributed by atoms with van der Waals surface area (Å²) < 4.78 is 0. The molecule has 2 nitrogen and oxygen atoms in total. The molecule has 0 radical (unpaired) electrons. The maximum absolute atomic E-state index is 11.7. The summed E-state index contributed by atoms with van der Waals surface area (Å²) in [4.78, 5) is 11.7. The summed E-state index contributed by atoms with van der Waals surface area (Å²) in [5.41, 5.74) is 6.65. The Bertz CT molecular complexity index is 295. The third-order valence-electron chi connectivity index (χ3n) is 2.47. The molecule has 0 spiro atoms. The number of unbranched alkanes of at least 4 members (excludes halogenated alkanes) is 1. The van der Waals surface area contributed by atoms with Crippen molar-refractivity contribution in [1.82, 2.24) is 0 Å². The number of carbonyl (C=O) groups is 1. The Labute approximate surface area is 91.5 Å². The van der Waals surface area contributed by atoms with Crippen LogP contribution in [0.4, 0.5) is 0 Å². The fourth-order valence-corrected chi connectivity index (χ4v) is 1.55. The Morgan fingerprint density at radius 3 is 2.60 bits per heavy atom. The van der Waals surface area contributed by atoms with Gasteiger partial charge in [0.15, 0.2) is 5.78 Å². The number of ketones is 1. The highest BCUT2D eigenvalue weighted by Gasteiger charge is 2.10. The van der Waals surface area contributed by atoms with Gasteiger partial charge in [-0.15, -0.1) is 0 Å². The standard InChI is InChI=1S/C13H19NO/c1-2-3-9-12(14)10-13(15)11-7-5-4-6-8-11/h4-8,12H,2-3,9-10,14H2,1H3. The van der Waals surface area contributed by atoms with Gasteiger partial charge in [0.1, 0.15) is 0 Å². The Morgan fingerprint density at radius 2 is 2.00 bits per heavy atom. The monoisotopic (exact) mass is 205 g/mol. The van der Waals surface area contributed by atoms with Gasteiger partial charge in [-0.1, -0.05) is 50.1 Å². The van der Waals surface area contributed by atoms with Crippen molar-refractivity contribution in [2.45, 2.75) is 38.6 Å². The summed E-state index contributed by atoms with van der Waals surface area (Å²) in [6.07, 6.45) is 3.63. The zero-order valence-electron chi connectivity index (χ0n) is 9.28. The van der Waals surface area contributed by atoms with E-state index < -0.39 is 0 Å². The molecular weight excluding hydrogens is 186 g/mol. The summed E-state index contributed by atoms with van der Waals surface area (Å²) >= 11 is 0. The zero-order valence-corrected chi connectivity index (χ0v) is 9.28. The number of Topliss-reactive ketones (excluding diaryl/α,β-unsaturated/α-hetero) is 1. The average molecular weight is 205 g/mol. The van der Waals surface area contributed by atoms with Gasteiger partial charge < -0.3 is 5.73 Å². The van der Waals surface area contributed by atoms with Gasteiger partial charge in [-0.2, -0.15) is 0 Å². The van der Waals surface area contributed by atoms with E-state index in [1.54, 1.807) is 0 Å². The molecule has 1 rings (SSSR count). The molecule has 0 saturated heterocycles. The van der Waals surface area contributed by atoms with Crippen LogP contribution in [0.15, 0.2) is 30.3 Å². The lowest BCUT2D eigenvalue weighted by atomic mass is 10.0. The van der Waals surface area contributed by atoms with E-state index in [9.17, 15) is 4.79 Å². The number of carbonyl (C=O) groups excluding carboxylic acids is 1. The largest absolute Gasteiger partial charge is 0.327 e. The minimum atomic E-state index is 0.0117. The number of hydrogen-bond donors (Lipinski definition) is 1. The van der Waals surface area contributed by atoms with Crippen LogP contribution in [0.2, 0.25) is 0 Å². The maximum Gasteiger partial charge on any atom is 0.164 e. The van der Waals surface area contributed by atoms with Gasteiger partial charge in [-0.3, -0.25) is 4.79 Å². The normalized spacial score (nSPS) is 12.4. The van der Waals surface area contributed by atoms with E-state index in [2.05, 4.69) is 6.92 Å². The smallest absolute Gasteiger partial charge is 0.164 e. The minimum absolute atomic E-state index is 0.0117. The molecule has 0 bridgehead atoms. The third kappa shape index (κ3) is 4.26. The molecule has 0 aliphatic carbocycles. The van der Waals surface area contributed by atoms with Crippen LogP contribution in [0.1, 0.15) is 43.0 Å². The molecule has 0 fully saturated rings. The van der Waals surface area contributed by atoms with Gasteiger partial charge in [0.25, 0.3) is 0 Å². The fourth-order valence-electron chi connectivity index (χ4n) is 1.55. The van der Waals surface area contributed by atoms with Gasteiger partial charge in [-0.25, -0.2) is 0 Å². The van der Waals surface area contributed by atoms with Gasteiger partial charge in [0, 0.05) is 18.0 Å². The van der Waals surface area contributed by atoms with Crippen molar-refractivity contribution < 1.29 is 4.79 Å². The van der Waals surface area contributed by atoms with Crippen LogP contribution in [0.5, 0.6) is 0 Å². The van der Waals surface area contributed by atoms with E-state index in [0.717, 1.165) is 24.8 Å². The second-order valence-electron chi connectivity index (χ2n) is 3.90. The lowest BCUT2D eigenvalue weighted by Crippen LogP contribution is -2.23. The molecule has 0 amide bonds. The highest BCUT2D eigenvalue weighted by molar-refractivity contribution is 5.96. The topological polar surface area (TPSA) is 43.1 Å². The Morgan fingerprint density at radius 1 is 1.33 bits per heavy atom. The van der Waals surface area contributed by atoms with Crippen LogP contribution in [0, 0.1) is 0 Å². The molecule has 0 aliphatic rings. The Kier molecular flexibility index (Phi) is 5.05. The summed E-state index contributed by atoms with van der Waals surface area (Å²) in [5.74, 6) is 0.152. The molecule has 2 heteroatoms. The van der Waals surface area contributed by atoms with Crippen molar-refractivity contribution in [2.75, 3.05) is 0 Å². The third-order valence-corrected chi connectivity index (χ3v) is 2.47. The van der Waals surface area contributed by atoms with Crippen molar-refractivity contribution in [2.24, 2.45) is 5.73 Å². The summed E-state index contributed by atoms with van der Waals surface area (Å²) in [7, 11) is 0. The molecule has 1 aromatic carbocycles. The van der Waals surface area contributed by atoms with Crippen LogP contribution in [0.25, 0.3) is 0 Å². The number of nitrogens with two attached hydrogens (primary N) is 1. The first kappa shape index (κ1) is 11.9. The van der Waals surface area contributed by atoms with Crippen LogP contribution in [0.3, 0.4) is 0 Å². The molecule has 2 N–H and O–H groups in total. The van der Waals surface area contributed by atoms with Gasteiger partial charge in [-0.05, 0) is 6.42 Å². The minimum Gasteiger partial charge on any atom is -0.327 e. The SMILES string of the molecule is CCCCC(N)CC(=O)c1ccccc1. The second-order valence-corrected chi connectivity index (χ2v) is 3.90. The van der Waals surface area contributed by atoms with Gasteiger partial charge in [0.2, 0.25) is 0 Å². The molecule has 1 atom stereocenters. The lowest BCUT2D eigenvalue weighted by Gasteiger charge is -2.09. The van der Waals surface area contributed by atoms with Crippen molar-refractivity contribution in [3.63, 3.8) is 0 Å². The molecule has 82 valence electrons. The summed E-state index contributed by atoms with van der Waals surface area (Å²) in [6.45, 7) is 2.13. The molecule has 1 aromatic rings. The maximum atomic E-state index is 11.7. The predicted molar refractivity (Wildman–Crippen MR) is 62.9 cm³/mol. The van der Waals surface area contributed by atoms with Crippen LogP contribution >= 0.6 is 0 Å². The van der Waals surface area contributed by atoms with E-state index in [-0.39, 0.29) is 11.8 Å². The number of benzene rings is 1. The van der Waals surface area contributed by atoms with Crippen molar-refractivity contribution in [1.29, 1.82) is 0 Å². The highest BCUT2D eigenvalue weighted by atomic mass is 16.1. The first-order valence-corrected chi connectivity index (χ1v) is 5.58. The fraction of sp³-hybridized carbons (Fsp3) is 0.462. The van der Waals surface area contributed by atoms with E-state index >= 15 is 0 Å². The van der Waals surface area contributed by atoms with Crippen molar-refractivity contribution in [3.8, 4) is 0 Å². The lowest BCUT2D eigenvalue weighted by molar-refractivity contribution is 0.0973. The molecule has 0 aliphatic heterocycles. The van der Waals surface area contributed by atoms with Crippen molar-refractivity contribution in [3.05, 3.63) is 35.9 Å². The van der Waals surface area contributed by atoms with Crippen LogP contribution in [-0.4, -0.2) is 11.8 Å². The Hall–Kier alpha value is -1.15. The molecular formula is C13H19NO. The van der Waals surface area contributed by atoms with Crippen molar-refractivity contribution >= 4 is 5.78 Å². The van der Waals surface area contributed by atoms with Gasteiger partial charge in [0.05, 0.1) is 0 Å². The van der Waals surface area contributed by atoms with E-state index in [1.807, 2.05) is 30.3 Å². The zero-order chi connectivity index (χ0) is 11.1. The Balaban J connectivity index is 2.42. The first-order chi connectivity index (χ1) is 7.24. The quantitative estimate of drug-likeness (QED) is 0.726.